The normalized spacial score (nSPS) is 12.5. The Morgan fingerprint density at radius 3 is 2.96 bits per heavy atom. The lowest BCUT2D eigenvalue weighted by Gasteiger charge is -2.28. The number of benzene rings is 1. The highest BCUT2D eigenvalue weighted by molar-refractivity contribution is 7.09. The van der Waals surface area contributed by atoms with Gasteiger partial charge in [-0.3, -0.25) is 4.90 Å². The maximum atomic E-state index is 4.58. The van der Waals surface area contributed by atoms with Crippen molar-refractivity contribution in [2.24, 2.45) is 0 Å². The topological polar surface area (TPSA) is 59.7 Å². The highest BCUT2D eigenvalue weighted by atomic mass is 32.1. The van der Waals surface area contributed by atoms with Gasteiger partial charge in [-0.15, -0.1) is 23.0 Å². The first-order chi connectivity index (χ1) is 11.7. The molecular formula is C17H20N6S. The summed E-state index contributed by atoms with van der Waals surface area (Å²) in [6.07, 6.45) is 3.53. The average Bonchev–Trinajstić information content (AvgIpc) is 3.26. The predicted octanol–water partition coefficient (Wildman–Crippen LogP) is 3.18. The largest absolute Gasteiger partial charge is 0.287 e. The van der Waals surface area contributed by atoms with Crippen molar-refractivity contribution in [2.75, 3.05) is 6.54 Å². The lowest BCUT2D eigenvalue weighted by molar-refractivity contribution is 0.223. The minimum atomic E-state index is 0.224. The molecule has 6 nitrogen and oxygen atoms in total. The molecule has 0 aliphatic carbocycles. The predicted molar refractivity (Wildman–Crippen MR) is 95.0 cm³/mol. The molecule has 2 heterocycles. The summed E-state index contributed by atoms with van der Waals surface area (Å²) in [7, 11) is 0. The minimum Gasteiger partial charge on any atom is -0.287 e. The molecule has 0 amide bonds. The van der Waals surface area contributed by atoms with Crippen LogP contribution in [-0.2, 0) is 6.54 Å². The highest BCUT2D eigenvalue weighted by Gasteiger charge is 2.17. The molecule has 1 atom stereocenters. The SMILES string of the molecule is C=CCN(Cc1csc(C)n1)C(C)c1cccc(-n2cnnn2)c1. The van der Waals surface area contributed by atoms with Gasteiger partial charge >= 0.3 is 0 Å². The van der Waals surface area contributed by atoms with Crippen molar-refractivity contribution in [3.63, 3.8) is 0 Å². The Balaban J connectivity index is 1.83. The maximum absolute atomic E-state index is 4.58. The van der Waals surface area contributed by atoms with Gasteiger partial charge in [-0.05, 0) is 42.0 Å². The Hall–Kier alpha value is -2.38. The van der Waals surface area contributed by atoms with Crippen LogP contribution in [0.1, 0.15) is 29.2 Å². The second-order valence-electron chi connectivity index (χ2n) is 5.60. The van der Waals surface area contributed by atoms with Crippen molar-refractivity contribution < 1.29 is 0 Å². The van der Waals surface area contributed by atoms with Crippen LogP contribution in [0, 0.1) is 6.92 Å². The Kier molecular flexibility index (Phi) is 5.12. The van der Waals surface area contributed by atoms with Crippen molar-refractivity contribution in [3.05, 3.63) is 64.9 Å². The second kappa shape index (κ2) is 7.46. The van der Waals surface area contributed by atoms with Crippen LogP contribution in [0.25, 0.3) is 5.69 Å². The molecule has 3 aromatic rings. The van der Waals surface area contributed by atoms with Crippen molar-refractivity contribution in [2.45, 2.75) is 26.4 Å². The minimum absolute atomic E-state index is 0.224. The van der Waals surface area contributed by atoms with E-state index in [-0.39, 0.29) is 6.04 Å². The number of tetrazole rings is 1. The first kappa shape index (κ1) is 16.5. The smallest absolute Gasteiger partial charge is 0.143 e. The molecule has 7 heteroatoms. The van der Waals surface area contributed by atoms with Crippen molar-refractivity contribution in [1.29, 1.82) is 0 Å². The summed E-state index contributed by atoms with van der Waals surface area (Å²) in [6, 6.07) is 8.49. The quantitative estimate of drug-likeness (QED) is 0.618. The van der Waals surface area contributed by atoms with Crippen LogP contribution in [0.4, 0.5) is 0 Å². The summed E-state index contributed by atoms with van der Waals surface area (Å²) >= 11 is 1.68. The van der Waals surface area contributed by atoms with E-state index in [1.807, 2.05) is 25.1 Å². The molecule has 0 spiro atoms. The van der Waals surface area contributed by atoms with E-state index < -0.39 is 0 Å². The van der Waals surface area contributed by atoms with Crippen LogP contribution in [-0.4, -0.2) is 36.6 Å². The summed E-state index contributed by atoms with van der Waals surface area (Å²) in [5, 5.41) is 14.6. The third kappa shape index (κ3) is 3.74. The molecule has 0 radical (unpaired) electrons. The maximum Gasteiger partial charge on any atom is 0.143 e. The van der Waals surface area contributed by atoms with Gasteiger partial charge in [-0.25, -0.2) is 9.67 Å². The standard InChI is InChI=1S/C17H20N6S/c1-4-8-22(10-16-11-24-14(3)19-16)13(2)15-6-5-7-17(9-15)23-12-18-20-21-23/h4-7,9,11-13H,1,8,10H2,2-3H3. The summed E-state index contributed by atoms with van der Waals surface area (Å²) in [5.41, 5.74) is 3.26. The molecule has 0 saturated heterocycles. The third-order valence-electron chi connectivity index (χ3n) is 3.91. The van der Waals surface area contributed by atoms with E-state index in [0.29, 0.717) is 0 Å². The molecular weight excluding hydrogens is 320 g/mol. The van der Waals surface area contributed by atoms with E-state index in [1.54, 1.807) is 22.3 Å². The summed E-state index contributed by atoms with van der Waals surface area (Å²) in [4.78, 5) is 6.93. The number of hydrogen-bond acceptors (Lipinski definition) is 6. The first-order valence-corrected chi connectivity index (χ1v) is 8.64. The van der Waals surface area contributed by atoms with Gasteiger partial charge in [0.15, 0.2) is 0 Å². The Labute approximate surface area is 145 Å². The van der Waals surface area contributed by atoms with E-state index in [0.717, 1.165) is 29.5 Å². The van der Waals surface area contributed by atoms with Crippen LogP contribution >= 0.6 is 11.3 Å². The molecule has 1 unspecified atom stereocenters. The van der Waals surface area contributed by atoms with Gasteiger partial charge in [0.25, 0.3) is 0 Å². The molecule has 0 fully saturated rings. The van der Waals surface area contributed by atoms with E-state index in [9.17, 15) is 0 Å². The number of nitrogens with zero attached hydrogens (tertiary/aromatic N) is 6. The monoisotopic (exact) mass is 340 g/mol. The average molecular weight is 340 g/mol. The summed E-state index contributed by atoms with van der Waals surface area (Å²) in [5.74, 6) is 0. The second-order valence-corrected chi connectivity index (χ2v) is 6.66. The van der Waals surface area contributed by atoms with Crippen LogP contribution in [0.15, 0.2) is 48.6 Å². The van der Waals surface area contributed by atoms with Gasteiger partial charge < -0.3 is 0 Å². The zero-order valence-electron chi connectivity index (χ0n) is 13.8. The van der Waals surface area contributed by atoms with Gasteiger partial charge in [0, 0.05) is 24.5 Å². The molecule has 3 rings (SSSR count). The van der Waals surface area contributed by atoms with Gasteiger partial charge in [-0.1, -0.05) is 18.2 Å². The van der Waals surface area contributed by atoms with Gasteiger partial charge in [0.05, 0.1) is 16.4 Å². The molecule has 2 aromatic heterocycles. The zero-order valence-corrected chi connectivity index (χ0v) is 14.6. The fraction of sp³-hybridized carbons (Fsp3) is 0.294. The Morgan fingerprint density at radius 1 is 1.42 bits per heavy atom. The Morgan fingerprint density at radius 2 is 2.29 bits per heavy atom. The highest BCUT2D eigenvalue weighted by Crippen LogP contribution is 2.24. The van der Waals surface area contributed by atoms with E-state index in [4.69, 9.17) is 0 Å². The molecule has 1 aromatic carbocycles. The van der Waals surface area contributed by atoms with Crippen molar-refractivity contribution in [1.82, 2.24) is 30.1 Å². The van der Waals surface area contributed by atoms with Crippen LogP contribution in [0.3, 0.4) is 0 Å². The number of hydrogen-bond donors (Lipinski definition) is 0. The molecule has 124 valence electrons. The van der Waals surface area contributed by atoms with Gasteiger partial charge in [0.2, 0.25) is 0 Å². The zero-order chi connectivity index (χ0) is 16.9. The molecule has 0 bridgehead atoms. The van der Waals surface area contributed by atoms with Crippen LogP contribution < -0.4 is 0 Å². The third-order valence-corrected chi connectivity index (χ3v) is 4.73. The van der Waals surface area contributed by atoms with Crippen molar-refractivity contribution >= 4 is 11.3 Å². The van der Waals surface area contributed by atoms with E-state index >= 15 is 0 Å². The lowest BCUT2D eigenvalue weighted by atomic mass is 10.1. The molecule has 0 aliphatic heterocycles. The summed E-state index contributed by atoms with van der Waals surface area (Å²) < 4.78 is 1.66. The molecule has 0 saturated carbocycles. The first-order valence-electron chi connectivity index (χ1n) is 7.76. The molecule has 0 aliphatic rings. The summed E-state index contributed by atoms with van der Waals surface area (Å²) in [6.45, 7) is 9.72. The number of aryl methyl sites for hydroxylation is 1. The fourth-order valence-corrected chi connectivity index (χ4v) is 3.24. The number of thiazole rings is 1. The van der Waals surface area contributed by atoms with E-state index in [1.165, 1.54) is 5.56 Å². The van der Waals surface area contributed by atoms with Crippen LogP contribution in [0.2, 0.25) is 0 Å². The lowest BCUT2D eigenvalue weighted by Crippen LogP contribution is -2.27. The number of rotatable bonds is 7. The number of aromatic nitrogens is 5. The fourth-order valence-electron chi connectivity index (χ4n) is 2.63. The Bertz CT molecular complexity index is 795. The van der Waals surface area contributed by atoms with E-state index in [2.05, 4.69) is 56.4 Å². The molecule has 0 N–H and O–H groups in total. The van der Waals surface area contributed by atoms with Gasteiger partial charge in [0.1, 0.15) is 6.33 Å². The van der Waals surface area contributed by atoms with Gasteiger partial charge in [-0.2, -0.15) is 0 Å². The van der Waals surface area contributed by atoms with Crippen LogP contribution in [0.5, 0.6) is 0 Å². The molecule has 24 heavy (non-hydrogen) atoms. The van der Waals surface area contributed by atoms with Crippen molar-refractivity contribution in [3.8, 4) is 5.69 Å².